The molecule has 112 valence electrons. The number of β-amino-alcohol motifs (C(OH)–C–C–N with tert-alkyl or cyclic N) is 1. The van der Waals surface area contributed by atoms with Crippen LogP contribution in [0.15, 0.2) is 24.3 Å². The van der Waals surface area contributed by atoms with Gasteiger partial charge in [-0.15, -0.1) is 0 Å². The van der Waals surface area contributed by atoms with Crippen molar-refractivity contribution >= 4 is 10.0 Å². The van der Waals surface area contributed by atoms with Crippen LogP contribution < -0.4 is 0 Å². The van der Waals surface area contributed by atoms with Gasteiger partial charge in [-0.1, -0.05) is 12.1 Å². The molecule has 2 rings (SSSR count). The number of halogens is 1. The van der Waals surface area contributed by atoms with Gasteiger partial charge in [0, 0.05) is 13.7 Å². The zero-order valence-corrected chi connectivity index (χ0v) is 12.0. The summed E-state index contributed by atoms with van der Waals surface area (Å²) in [5.41, 5.74) is 0.684. The SMILES string of the molecule is COCCS(=O)(=O)N1C[C@@H](O)C[C@@H]1c1ccc(F)cc1. The van der Waals surface area contributed by atoms with Crippen LogP contribution in [0.3, 0.4) is 0 Å². The van der Waals surface area contributed by atoms with Crippen molar-refractivity contribution in [1.29, 1.82) is 0 Å². The molecule has 1 fully saturated rings. The normalized spacial score (nSPS) is 24.1. The summed E-state index contributed by atoms with van der Waals surface area (Å²) in [6.07, 6.45) is -0.389. The summed E-state index contributed by atoms with van der Waals surface area (Å²) < 4.78 is 43.5. The monoisotopic (exact) mass is 303 g/mol. The molecule has 1 heterocycles. The first-order valence-electron chi connectivity index (χ1n) is 6.36. The average molecular weight is 303 g/mol. The van der Waals surface area contributed by atoms with E-state index in [2.05, 4.69) is 0 Å². The lowest BCUT2D eigenvalue weighted by atomic mass is 10.0. The molecule has 1 aliphatic rings. The van der Waals surface area contributed by atoms with E-state index in [0.717, 1.165) is 0 Å². The molecule has 0 bridgehead atoms. The van der Waals surface area contributed by atoms with Crippen LogP contribution in [0.5, 0.6) is 0 Å². The maximum Gasteiger partial charge on any atom is 0.217 e. The topological polar surface area (TPSA) is 66.8 Å². The van der Waals surface area contributed by atoms with Crippen LogP contribution in [0.2, 0.25) is 0 Å². The van der Waals surface area contributed by atoms with Gasteiger partial charge in [-0.25, -0.2) is 12.8 Å². The number of hydrogen-bond acceptors (Lipinski definition) is 4. The second-order valence-electron chi connectivity index (χ2n) is 4.84. The standard InChI is InChI=1S/C13H18FNO4S/c1-19-6-7-20(17,18)15-9-12(16)8-13(15)10-2-4-11(14)5-3-10/h2-5,12-13,16H,6-9H2,1H3/t12-,13+/m0/s1. The van der Waals surface area contributed by atoms with E-state index in [9.17, 15) is 17.9 Å². The quantitative estimate of drug-likeness (QED) is 0.878. The molecule has 1 N–H and O–H groups in total. The Morgan fingerprint density at radius 3 is 2.65 bits per heavy atom. The molecule has 20 heavy (non-hydrogen) atoms. The molecule has 1 aromatic carbocycles. The van der Waals surface area contributed by atoms with E-state index < -0.39 is 22.2 Å². The molecule has 0 aliphatic carbocycles. The van der Waals surface area contributed by atoms with Gasteiger partial charge in [0.25, 0.3) is 0 Å². The molecular weight excluding hydrogens is 285 g/mol. The van der Waals surface area contributed by atoms with Crippen LogP contribution in [-0.2, 0) is 14.8 Å². The molecule has 5 nitrogen and oxygen atoms in total. The van der Waals surface area contributed by atoms with Gasteiger partial charge in [-0.2, -0.15) is 4.31 Å². The molecule has 1 aromatic rings. The Morgan fingerprint density at radius 2 is 2.05 bits per heavy atom. The van der Waals surface area contributed by atoms with Gasteiger partial charge < -0.3 is 9.84 Å². The van der Waals surface area contributed by atoms with Gasteiger partial charge in [0.2, 0.25) is 10.0 Å². The Kier molecular flexibility index (Phi) is 4.74. The van der Waals surface area contributed by atoms with Crippen molar-refractivity contribution in [3.63, 3.8) is 0 Å². The van der Waals surface area contributed by atoms with Crippen molar-refractivity contribution in [2.45, 2.75) is 18.6 Å². The van der Waals surface area contributed by atoms with Gasteiger partial charge >= 0.3 is 0 Å². The minimum absolute atomic E-state index is 0.0636. The van der Waals surface area contributed by atoms with Gasteiger partial charge in [-0.05, 0) is 24.1 Å². The van der Waals surface area contributed by atoms with Crippen molar-refractivity contribution in [1.82, 2.24) is 4.31 Å². The highest BCUT2D eigenvalue weighted by Gasteiger charge is 2.39. The summed E-state index contributed by atoms with van der Waals surface area (Å²) in [5.74, 6) is -0.505. The first kappa shape index (κ1) is 15.4. The lowest BCUT2D eigenvalue weighted by molar-refractivity contribution is 0.188. The van der Waals surface area contributed by atoms with Gasteiger partial charge in [0.15, 0.2) is 0 Å². The molecule has 1 aliphatic heterocycles. The Hall–Kier alpha value is -1.02. The fourth-order valence-corrected chi connectivity index (χ4v) is 3.99. The molecule has 0 unspecified atom stereocenters. The van der Waals surface area contributed by atoms with Crippen LogP contribution in [0, 0.1) is 5.82 Å². The first-order valence-corrected chi connectivity index (χ1v) is 7.97. The van der Waals surface area contributed by atoms with E-state index in [-0.39, 0.29) is 24.7 Å². The maximum atomic E-state index is 13.0. The molecule has 0 spiro atoms. The van der Waals surface area contributed by atoms with E-state index in [1.807, 2.05) is 0 Å². The van der Waals surface area contributed by atoms with Crippen LogP contribution in [0.4, 0.5) is 4.39 Å². The number of hydrogen-bond donors (Lipinski definition) is 1. The third kappa shape index (κ3) is 3.35. The highest BCUT2D eigenvalue weighted by molar-refractivity contribution is 7.89. The molecule has 7 heteroatoms. The fourth-order valence-electron chi connectivity index (χ4n) is 2.39. The van der Waals surface area contributed by atoms with E-state index >= 15 is 0 Å². The number of aliphatic hydroxyl groups is 1. The Labute approximate surface area is 118 Å². The average Bonchev–Trinajstić information content (AvgIpc) is 2.80. The zero-order valence-electron chi connectivity index (χ0n) is 11.2. The Balaban J connectivity index is 2.24. The Bertz CT molecular complexity index is 546. The van der Waals surface area contributed by atoms with Crippen LogP contribution in [0.25, 0.3) is 0 Å². The highest BCUT2D eigenvalue weighted by Crippen LogP contribution is 2.34. The predicted octanol–water partition coefficient (Wildman–Crippen LogP) is 0.910. The molecule has 0 aromatic heterocycles. The number of aliphatic hydroxyl groups excluding tert-OH is 1. The van der Waals surface area contributed by atoms with Crippen molar-refractivity contribution in [2.24, 2.45) is 0 Å². The van der Waals surface area contributed by atoms with Crippen LogP contribution in [-0.4, -0.2) is 49.9 Å². The van der Waals surface area contributed by atoms with Crippen molar-refractivity contribution < 1.29 is 22.7 Å². The Morgan fingerprint density at radius 1 is 1.40 bits per heavy atom. The maximum absolute atomic E-state index is 13.0. The van der Waals surface area contributed by atoms with Crippen molar-refractivity contribution in [3.05, 3.63) is 35.6 Å². The summed E-state index contributed by atoms with van der Waals surface area (Å²) in [5, 5.41) is 9.76. The van der Waals surface area contributed by atoms with Crippen LogP contribution >= 0.6 is 0 Å². The molecule has 1 saturated heterocycles. The number of ether oxygens (including phenoxy) is 1. The van der Waals surface area contributed by atoms with Gasteiger partial charge in [0.05, 0.1) is 24.5 Å². The number of benzene rings is 1. The minimum Gasteiger partial charge on any atom is -0.392 e. The van der Waals surface area contributed by atoms with Crippen molar-refractivity contribution in [3.8, 4) is 0 Å². The molecule has 0 radical (unpaired) electrons. The smallest absolute Gasteiger partial charge is 0.217 e. The third-order valence-corrected chi connectivity index (χ3v) is 5.19. The third-order valence-electron chi connectivity index (χ3n) is 3.39. The second-order valence-corrected chi connectivity index (χ2v) is 6.88. The molecular formula is C13H18FNO4S. The fraction of sp³-hybridized carbons (Fsp3) is 0.538. The summed E-state index contributed by atoms with van der Waals surface area (Å²) >= 11 is 0. The number of sulfonamides is 1. The van der Waals surface area contributed by atoms with E-state index in [0.29, 0.717) is 12.0 Å². The summed E-state index contributed by atoms with van der Waals surface area (Å²) in [6.45, 7) is 0.166. The number of methoxy groups -OCH3 is 1. The van der Waals surface area contributed by atoms with E-state index in [1.54, 1.807) is 12.1 Å². The highest BCUT2D eigenvalue weighted by atomic mass is 32.2. The van der Waals surface area contributed by atoms with E-state index in [1.165, 1.54) is 23.5 Å². The summed E-state index contributed by atoms with van der Waals surface area (Å²) in [7, 11) is -2.07. The lowest BCUT2D eigenvalue weighted by Gasteiger charge is -2.24. The summed E-state index contributed by atoms with van der Waals surface area (Å²) in [4.78, 5) is 0. The first-order chi connectivity index (χ1) is 9.44. The van der Waals surface area contributed by atoms with Gasteiger partial charge in [-0.3, -0.25) is 0 Å². The summed E-state index contributed by atoms with van der Waals surface area (Å²) in [6, 6.07) is 5.24. The minimum atomic E-state index is -3.51. The molecule has 0 amide bonds. The van der Waals surface area contributed by atoms with Crippen molar-refractivity contribution in [2.75, 3.05) is 26.0 Å². The predicted molar refractivity (Wildman–Crippen MR) is 72.1 cm³/mol. The van der Waals surface area contributed by atoms with E-state index in [4.69, 9.17) is 4.74 Å². The zero-order chi connectivity index (χ0) is 14.8. The lowest BCUT2D eigenvalue weighted by Crippen LogP contribution is -2.34. The number of rotatable bonds is 5. The number of nitrogens with zero attached hydrogens (tertiary/aromatic N) is 1. The molecule has 0 saturated carbocycles. The second kappa shape index (κ2) is 6.17. The van der Waals surface area contributed by atoms with Gasteiger partial charge in [0.1, 0.15) is 5.82 Å². The van der Waals surface area contributed by atoms with Crippen LogP contribution in [0.1, 0.15) is 18.0 Å². The largest absolute Gasteiger partial charge is 0.392 e. The molecule has 2 atom stereocenters.